The first-order chi connectivity index (χ1) is 9.63. The Bertz CT molecular complexity index is 476. The van der Waals surface area contributed by atoms with Crippen molar-refractivity contribution < 1.29 is 9.53 Å². The molecule has 0 radical (unpaired) electrons. The highest BCUT2D eigenvalue weighted by molar-refractivity contribution is 14.1. The Kier molecular flexibility index (Phi) is 5.69. The Hall–Kier alpha value is -0.780. The predicted octanol–water partition coefficient (Wildman–Crippen LogP) is 4.38. The third-order valence-electron chi connectivity index (χ3n) is 3.62. The van der Waals surface area contributed by atoms with Crippen LogP contribution in [0.1, 0.15) is 46.0 Å². The van der Waals surface area contributed by atoms with Crippen molar-refractivity contribution in [2.45, 2.75) is 52.1 Å². The van der Waals surface area contributed by atoms with Crippen LogP contribution in [0.3, 0.4) is 0 Å². The lowest BCUT2D eigenvalue weighted by Gasteiger charge is -2.33. The zero-order valence-electron chi connectivity index (χ0n) is 12.2. The summed E-state index contributed by atoms with van der Waals surface area (Å²) in [7, 11) is 0. The van der Waals surface area contributed by atoms with Gasteiger partial charge in [0.25, 0.3) is 5.91 Å². The topological polar surface area (TPSA) is 29.5 Å². The van der Waals surface area contributed by atoms with Gasteiger partial charge in [-0.25, -0.2) is 0 Å². The van der Waals surface area contributed by atoms with Crippen molar-refractivity contribution in [2.24, 2.45) is 0 Å². The van der Waals surface area contributed by atoms with Crippen LogP contribution in [0.2, 0.25) is 0 Å². The summed E-state index contributed by atoms with van der Waals surface area (Å²) in [4.78, 5) is 14.2. The molecule has 3 nitrogen and oxygen atoms in total. The highest BCUT2D eigenvalue weighted by Crippen LogP contribution is 2.35. The summed E-state index contributed by atoms with van der Waals surface area (Å²) < 4.78 is 6.83. The normalized spacial score (nSPS) is 17.9. The molecule has 1 unspecified atom stereocenters. The van der Waals surface area contributed by atoms with Gasteiger partial charge in [-0.2, -0.15) is 0 Å². The first kappa shape index (κ1) is 15.6. The molecule has 0 saturated heterocycles. The number of anilines is 1. The number of hydrogen-bond acceptors (Lipinski definition) is 2. The van der Waals surface area contributed by atoms with Crippen molar-refractivity contribution in [3.8, 4) is 5.75 Å². The number of fused-ring (bicyclic) bond motifs is 1. The molecule has 1 aromatic carbocycles. The average Bonchev–Trinajstić information content (AvgIpc) is 2.42. The largest absolute Gasteiger partial charge is 0.479 e. The molecule has 110 valence electrons. The molecule has 1 heterocycles. The van der Waals surface area contributed by atoms with Crippen molar-refractivity contribution in [1.82, 2.24) is 0 Å². The van der Waals surface area contributed by atoms with Crippen molar-refractivity contribution in [3.05, 3.63) is 21.8 Å². The van der Waals surface area contributed by atoms with E-state index in [1.54, 1.807) is 0 Å². The number of ether oxygens (including phenoxy) is 1. The fraction of sp³-hybridized carbons (Fsp3) is 0.562. The van der Waals surface area contributed by atoms with E-state index in [1.165, 1.54) is 25.7 Å². The quantitative estimate of drug-likeness (QED) is 0.536. The summed E-state index contributed by atoms with van der Waals surface area (Å²) in [6.45, 7) is 4.84. The molecular weight excluding hydrogens is 365 g/mol. The zero-order chi connectivity index (χ0) is 14.5. The van der Waals surface area contributed by atoms with Gasteiger partial charge >= 0.3 is 0 Å². The van der Waals surface area contributed by atoms with Crippen LogP contribution in [0.4, 0.5) is 5.69 Å². The summed E-state index contributed by atoms with van der Waals surface area (Å²) in [6, 6.07) is 6.02. The van der Waals surface area contributed by atoms with Crippen LogP contribution in [0.15, 0.2) is 18.2 Å². The van der Waals surface area contributed by atoms with E-state index in [2.05, 4.69) is 29.5 Å². The second-order valence-electron chi connectivity index (χ2n) is 5.28. The predicted molar refractivity (Wildman–Crippen MR) is 90.4 cm³/mol. The number of amides is 1. The number of unbranched alkanes of at least 4 members (excludes halogenated alkanes) is 4. The maximum absolute atomic E-state index is 12.3. The van der Waals surface area contributed by atoms with Gasteiger partial charge in [-0.15, -0.1) is 0 Å². The van der Waals surface area contributed by atoms with E-state index < -0.39 is 0 Å². The maximum atomic E-state index is 12.3. The molecular formula is C16H22INO2. The van der Waals surface area contributed by atoms with E-state index in [0.29, 0.717) is 0 Å². The van der Waals surface area contributed by atoms with Crippen LogP contribution in [0.5, 0.6) is 5.75 Å². The van der Waals surface area contributed by atoms with E-state index >= 15 is 0 Å². The van der Waals surface area contributed by atoms with Gasteiger partial charge in [0.05, 0.1) is 5.69 Å². The Morgan fingerprint density at radius 3 is 2.75 bits per heavy atom. The Balaban J connectivity index is 2.05. The monoisotopic (exact) mass is 387 g/mol. The summed E-state index contributed by atoms with van der Waals surface area (Å²) in [5.41, 5.74) is 0.920. The van der Waals surface area contributed by atoms with Gasteiger partial charge in [-0.3, -0.25) is 4.79 Å². The number of rotatable bonds is 6. The van der Waals surface area contributed by atoms with Gasteiger partial charge in [-0.1, -0.05) is 32.6 Å². The summed E-state index contributed by atoms with van der Waals surface area (Å²) in [6.07, 6.45) is 5.65. The lowest BCUT2D eigenvalue weighted by atomic mass is 10.1. The molecule has 2 rings (SSSR count). The van der Waals surface area contributed by atoms with Crippen LogP contribution in [0, 0.1) is 3.57 Å². The van der Waals surface area contributed by atoms with Crippen molar-refractivity contribution in [2.75, 3.05) is 11.4 Å². The van der Waals surface area contributed by atoms with Gasteiger partial charge < -0.3 is 9.64 Å². The SMILES string of the molecule is CCCCCCCN1C(=O)C(C)Oc2cc(I)ccc21. The molecule has 0 aliphatic carbocycles. The van der Waals surface area contributed by atoms with Crippen LogP contribution in [0.25, 0.3) is 0 Å². The second kappa shape index (κ2) is 7.29. The molecule has 1 aliphatic rings. The standard InChI is InChI=1S/C16H22INO2/c1-3-4-5-6-7-10-18-14-9-8-13(17)11-15(14)20-12(2)16(18)19/h8-9,11-12H,3-7,10H2,1-2H3. The van der Waals surface area contributed by atoms with E-state index in [4.69, 9.17) is 4.74 Å². The minimum absolute atomic E-state index is 0.0780. The number of nitrogens with zero attached hydrogens (tertiary/aromatic N) is 1. The van der Waals surface area contributed by atoms with E-state index in [9.17, 15) is 4.79 Å². The highest BCUT2D eigenvalue weighted by atomic mass is 127. The highest BCUT2D eigenvalue weighted by Gasteiger charge is 2.30. The number of halogens is 1. The molecule has 20 heavy (non-hydrogen) atoms. The lowest BCUT2D eigenvalue weighted by Crippen LogP contribution is -2.44. The Morgan fingerprint density at radius 2 is 2.00 bits per heavy atom. The molecule has 1 atom stereocenters. The molecule has 0 N–H and O–H groups in total. The molecule has 0 aromatic heterocycles. The smallest absolute Gasteiger partial charge is 0.267 e. The number of hydrogen-bond donors (Lipinski definition) is 0. The third-order valence-corrected chi connectivity index (χ3v) is 4.29. The number of carbonyl (C=O) groups excluding carboxylic acids is 1. The third kappa shape index (κ3) is 3.65. The molecule has 0 spiro atoms. The van der Waals surface area contributed by atoms with E-state index in [0.717, 1.165) is 28.0 Å². The minimum atomic E-state index is -0.378. The van der Waals surface area contributed by atoms with E-state index in [-0.39, 0.29) is 12.0 Å². The van der Waals surface area contributed by atoms with Crippen LogP contribution in [-0.2, 0) is 4.79 Å². The van der Waals surface area contributed by atoms with Crippen molar-refractivity contribution >= 4 is 34.2 Å². The molecule has 0 bridgehead atoms. The molecule has 0 saturated carbocycles. The summed E-state index contributed by atoms with van der Waals surface area (Å²) >= 11 is 2.27. The second-order valence-corrected chi connectivity index (χ2v) is 6.52. The fourth-order valence-corrected chi connectivity index (χ4v) is 2.95. The molecule has 1 amide bonds. The fourth-order valence-electron chi connectivity index (χ4n) is 2.49. The molecule has 1 aromatic rings. The number of benzene rings is 1. The number of carbonyl (C=O) groups is 1. The zero-order valence-corrected chi connectivity index (χ0v) is 14.4. The minimum Gasteiger partial charge on any atom is -0.479 e. The van der Waals surface area contributed by atoms with Gasteiger partial charge in [0.15, 0.2) is 6.10 Å². The maximum Gasteiger partial charge on any atom is 0.267 e. The molecule has 0 fully saturated rings. The van der Waals surface area contributed by atoms with Gasteiger partial charge in [0.2, 0.25) is 0 Å². The van der Waals surface area contributed by atoms with Gasteiger partial charge in [0.1, 0.15) is 5.75 Å². The Morgan fingerprint density at radius 1 is 1.25 bits per heavy atom. The lowest BCUT2D eigenvalue weighted by molar-refractivity contribution is -0.125. The summed E-state index contributed by atoms with van der Waals surface area (Å²) in [5.74, 6) is 0.909. The van der Waals surface area contributed by atoms with Gasteiger partial charge in [-0.05, 0) is 54.1 Å². The van der Waals surface area contributed by atoms with E-state index in [1.807, 2.05) is 30.0 Å². The molecule has 4 heteroatoms. The summed E-state index contributed by atoms with van der Waals surface area (Å²) in [5, 5.41) is 0. The van der Waals surface area contributed by atoms with Gasteiger partial charge in [0, 0.05) is 10.1 Å². The first-order valence-electron chi connectivity index (χ1n) is 7.41. The first-order valence-corrected chi connectivity index (χ1v) is 8.49. The Labute approximate surface area is 134 Å². The van der Waals surface area contributed by atoms with Crippen LogP contribution in [-0.4, -0.2) is 18.6 Å². The van der Waals surface area contributed by atoms with Crippen LogP contribution >= 0.6 is 22.6 Å². The average molecular weight is 387 g/mol. The molecule has 1 aliphatic heterocycles. The van der Waals surface area contributed by atoms with Crippen LogP contribution < -0.4 is 9.64 Å². The van der Waals surface area contributed by atoms with Crippen molar-refractivity contribution in [3.63, 3.8) is 0 Å². The van der Waals surface area contributed by atoms with Crippen molar-refractivity contribution in [1.29, 1.82) is 0 Å².